The van der Waals surface area contributed by atoms with Gasteiger partial charge in [-0.25, -0.2) is 0 Å². The second-order valence-electron chi connectivity index (χ2n) is 4.32. The van der Waals surface area contributed by atoms with Crippen molar-refractivity contribution in [3.8, 4) is 0 Å². The summed E-state index contributed by atoms with van der Waals surface area (Å²) in [5, 5.41) is 3.52. The molecule has 0 bridgehead atoms. The molecule has 2 atom stereocenters. The summed E-state index contributed by atoms with van der Waals surface area (Å²) in [6.45, 7) is 4.08. The summed E-state index contributed by atoms with van der Waals surface area (Å²) in [4.78, 5) is 0. The highest BCUT2D eigenvalue weighted by atomic mass is 79.9. The third-order valence-electron chi connectivity index (χ3n) is 3.05. The molecule has 0 amide bonds. The normalized spacial score (nSPS) is 22.2. The van der Waals surface area contributed by atoms with Crippen LogP contribution in [-0.4, -0.2) is 19.3 Å². The molecule has 0 aliphatic carbocycles. The first-order valence-electron chi connectivity index (χ1n) is 5.86. The van der Waals surface area contributed by atoms with Crippen LogP contribution < -0.4 is 5.32 Å². The van der Waals surface area contributed by atoms with Crippen molar-refractivity contribution in [3.05, 3.63) is 34.3 Å². The van der Waals surface area contributed by atoms with Gasteiger partial charge in [-0.05, 0) is 37.5 Å². The number of hydrogen-bond donors (Lipinski definition) is 1. The molecule has 1 aromatic carbocycles. The molecule has 1 aliphatic rings. The van der Waals surface area contributed by atoms with E-state index >= 15 is 0 Å². The SMILES string of the molecule is C[C@@H](NCC1CCCO1)c1ccc(Br)cc1. The van der Waals surface area contributed by atoms with Gasteiger partial charge >= 0.3 is 0 Å². The summed E-state index contributed by atoms with van der Waals surface area (Å²) < 4.78 is 6.72. The lowest BCUT2D eigenvalue weighted by Crippen LogP contribution is -2.28. The minimum atomic E-state index is 0.386. The van der Waals surface area contributed by atoms with Gasteiger partial charge in [-0.15, -0.1) is 0 Å². The molecule has 0 aromatic heterocycles. The van der Waals surface area contributed by atoms with Gasteiger partial charge in [0.05, 0.1) is 6.10 Å². The molecule has 0 saturated carbocycles. The Kier molecular flexibility index (Phi) is 4.38. The first-order chi connectivity index (χ1) is 7.75. The van der Waals surface area contributed by atoms with Gasteiger partial charge in [0, 0.05) is 23.7 Å². The standard InChI is InChI=1S/C13H18BrNO/c1-10(11-4-6-12(14)7-5-11)15-9-13-3-2-8-16-13/h4-7,10,13,15H,2-3,8-9H2,1H3/t10-,13?/m1/s1. The molecular formula is C13H18BrNO. The lowest BCUT2D eigenvalue weighted by Gasteiger charge is -2.17. The lowest BCUT2D eigenvalue weighted by atomic mass is 10.1. The molecule has 88 valence electrons. The second kappa shape index (κ2) is 5.80. The average Bonchev–Trinajstić information content (AvgIpc) is 2.80. The fourth-order valence-electron chi connectivity index (χ4n) is 1.98. The average molecular weight is 284 g/mol. The van der Waals surface area contributed by atoms with Gasteiger partial charge in [0.15, 0.2) is 0 Å². The number of benzene rings is 1. The fraction of sp³-hybridized carbons (Fsp3) is 0.538. The fourth-order valence-corrected chi connectivity index (χ4v) is 2.25. The highest BCUT2D eigenvalue weighted by molar-refractivity contribution is 9.10. The van der Waals surface area contributed by atoms with E-state index in [1.807, 2.05) is 0 Å². The molecule has 1 saturated heterocycles. The van der Waals surface area contributed by atoms with Crippen LogP contribution in [0.3, 0.4) is 0 Å². The topological polar surface area (TPSA) is 21.3 Å². The van der Waals surface area contributed by atoms with Gasteiger partial charge in [-0.1, -0.05) is 28.1 Å². The van der Waals surface area contributed by atoms with Crippen LogP contribution >= 0.6 is 15.9 Å². The van der Waals surface area contributed by atoms with E-state index < -0.39 is 0 Å². The lowest BCUT2D eigenvalue weighted by molar-refractivity contribution is 0.108. The second-order valence-corrected chi connectivity index (χ2v) is 5.23. The van der Waals surface area contributed by atoms with Crippen molar-refractivity contribution in [1.82, 2.24) is 5.32 Å². The Labute approximate surface area is 106 Å². The summed E-state index contributed by atoms with van der Waals surface area (Å²) in [5.41, 5.74) is 1.32. The number of hydrogen-bond acceptors (Lipinski definition) is 2. The van der Waals surface area contributed by atoms with Crippen molar-refractivity contribution in [2.45, 2.75) is 31.9 Å². The van der Waals surface area contributed by atoms with E-state index in [0.29, 0.717) is 12.1 Å². The van der Waals surface area contributed by atoms with E-state index in [-0.39, 0.29) is 0 Å². The molecular weight excluding hydrogens is 266 g/mol. The largest absolute Gasteiger partial charge is 0.377 e. The highest BCUT2D eigenvalue weighted by Crippen LogP contribution is 2.17. The monoisotopic (exact) mass is 283 g/mol. The first kappa shape index (κ1) is 12.1. The third-order valence-corrected chi connectivity index (χ3v) is 3.57. The van der Waals surface area contributed by atoms with E-state index in [0.717, 1.165) is 17.6 Å². The van der Waals surface area contributed by atoms with Crippen molar-refractivity contribution in [2.75, 3.05) is 13.2 Å². The van der Waals surface area contributed by atoms with Crippen molar-refractivity contribution in [3.63, 3.8) is 0 Å². The molecule has 1 N–H and O–H groups in total. The van der Waals surface area contributed by atoms with Gasteiger partial charge in [0.2, 0.25) is 0 Å². The maximum absolute atomic E-state index is 5.59. The van der Waals surface area contributed by atoms with Gasteiger partial charge in [-0.2, -0.15) is 0 Å². The first-order valence-corrected chi connectivity index (χ1v) is 6.65. The predicted octanol–water partition coefficient (Wildman–Crippen LogP) is 3.28. The zero-order valence-corrected chi connectivity index (χ0v) is 11.2. The minimum absolute atomic E-state index is 0.386. The molecule has 0 spiro atoms. The van der Waals surface area contributed by atoms with Crippen LogP contribution in [0.5, 0.6) is 0 Å². The maximum atomic E-state index is 5.59. The quantitative estimate of drug-likeness (QED) is 0.916. The minimum Gasteiger partial charge on any atom is -0.377 e. The van der Waals surface area contributed by atoms with E-state index in [4.69, 9.17) is 4.74 Å². The Morgan fingerprint density at radius 1 is 1.44 bits per heavy atom. The van der Waals surface area contributed by atoms with Crippen LogP contribution in [0, 0.1) is 0 Å². The maximum Gasteiger partial charge on any atom is 0.0700 e. The van der Waals surface area contributed by atoms with E-state index in [1.165, 1.54) is 18.4 Å². The number of halogens is 1. The molecule has 1 aliphatic heterocycles. The summed E-state index contributed by atoms with van der Waals surface area (Å²) in [7, 11) is 0. The Hall–Kier alpha value is -0.380. The van der Waals surface area contributed by atoms with Crippen LogP contribution in [0.2, 0.25) is 0 Å². The molecule has 1 unspecified atom stereocenters. The summed E-state index contributed by atoms with van der Waals surface area (Å²) in [5.74, 6) is 0. The third kappa shape index (κ3) is 3.30. The Morgan fingerprint density at radius 2 is 2.19 bits per heavy atom. The summed E-state index contributed by atoms with van der Waals surface area (Å²) in [6.07, 6.45) is 2.82. The van der Waals surface area contributed by atoms with E-state index in [1.54, 1.807) is 0 Å². The predicted molar refractivity (Wildman–Crippen MR) is 69.5 cm³/mol. The van der Waals surface area contributed by atoms with Crippen LogP contribution in [0.4, 0.5) is 0 Å². The van der Waals surface area contributed by atoms with Crippen LogP contribution in [0.25, 0.3) is 0 Å². The smallest absolute Gasteiger partial charge is 0.0700 e. The molecule has 3 heteroatoms. The van der Waals surface area contributed by atoms with E-state index in [9.17, 15) is 0 Å². The van der Waals surface area contributed by atoms with Gasteiger partial charge in [-0.3, -0.25) is 0 Å². The number of nitrogens with one attached hydrogen (secondary N) is 1. The van der Waals surface area contributed by atoms with Gasteiger partial charge in [0.25, 0.3) is 0 Å². The Morgan fingerprint density at radius 3 is 2.81 bits per heavy atom. The van der Waals surface area contributed by atoms with Crippen molar-refractivity contribution < 1.29 is 4.74 Å². The van der Waals surface area contributed by atoms with Crippen LogP contribution in [0.1, 0.15) is 31.4 Å². The summed E-state index contributed by atoms with van der Waals surface area (Å²) >= 11 is 3.45. The van der Waals surface area contributed by atoms with Gasteiger partial charge < -0.3 is 10.1 Å². The molecule has 16 heavy (non-hydrogen) atoms. The molecule has 2 nitrogen and oxygen atoms in total. The number of rotatable bonds is 4. The molecule has 1 aromatic rings. The Balaban J connectivity index is 1.82. The van der Waals surface area contributed by atoms with Crippen molar-refractivity contribution >= 4 is 15.9 Å². The zero-order valence-electron chi connectivity index (χ0n) is 9.58. The van der Waals surface area contributed by atoms with Crippen molar-refractivity contribution in [1.29, 1.82) is 0 Å². The number of ether oxygens (including phenoxy) is 1. The summed E-state index contributed by atoms with van der Waals surface area (Å²) in [6, 6.07) is 8.85. The molecule has 1 heterocycles. The highest BCUT2D eigenvalue weighted by Gasteiger charge is 2.16. The van der Waals surface area contributed by atoms with Gasteiger partial charge in [0.1, 0.15) is 0 Å². The van der Waals surface area contributed by atoms with Crippen molar-refractivity contribution in [2.24, 2.45) is 0 Å². The molecule has 0 radical (unpaired) electrons. The Bertz CT molecular complexity index is 319. The van der Waals surface area contributed by atoms with Crippen LogP contribution in [-0.2, 0) is 4.74 Å². The van der Waals surface area contributed by atoms with Crippen LogP contribution in [0.15, 0.2) is 28.7 Å². The van der Waals surface area contributed by atoms with E-state index in [2.05, 4.69) is 52.4 Å². The molecule has 1 fully saturated rings. The molecule has 2 rings (SSSR count). The zero-order chi connectivity index (χ0) is 11.4.